The van der Waals surface area contributed by atoms with Crippen molar-refractivity contribution >= 4 is 0 Å². The molecule has 0 aromatic rings. The number of nitrogens with zero attached hydrogens (tertiary/aromatic N) is 2. The lowest BCUT2D eigenvalue weighted by Gasteiger charge is -2.21. The largest absolute Gasteiger partial charge is 0.401 e. The fourth-order valence-corrected chi connectivity index (χ4v) is 2.89. The van der Waals surface area contributed by atoms with Crippen LogP contribution in [0.1, 0.15) is 0 Å². The number of fused-ring (bicyclic) bond motifs is 1. The summed E-state index contributed by atoms with van der Waals surface area (Å²) in [6.45, 7) is 2.76. The molecule has 16 heavy (non-hydrogen) atoms. The Bertz CT molecular complexity index is 233. The number of likely N-dealkylation sites (tertiary alicyclic amines) is 2. The predicted molar refractivity (Wildman–Crippen MR) is 53.0 cm³/mol. The molecule has 0 saturated carbocycles. The van der Waals surface area contributed by atoms with E-state index in [0.717, 1.165) is 13.1 Å². The number of aliphatic hydroxyl groups is 1. The molecular weight excluding hydrogens is 221 g/mol. The molecule has 2 aliphatic heterocycles. The molecular formula is C10H17F3N2O. The summed E-state index contributed by atoms with van der Waals surface area (Å²) in [6, 6.07) is 0. The van der Waals surface area contributed by atoms with Crippen LogP contribution in [0.3, 0.4) is 0 Å². The molecule has 0 aromatic carbocycles. The number of hydrogen-bond donors (Lipinski definition) is 1. The minimum absolute atomic E-state index is 0.131. The van der Waals surface area contributed by atoms with Gasteiger partial charge in [-0.15, -0.1) is 0 Å². The summed E-state index contributed by atoms with van der Waals surface area (Å²) in [5.41, 5.74) is 0. The highest BCUT2D eigenvalue weighted by molar-refractivity contribution is 4.93. The minimum atomic E-state index is -4.08. The smallest absolute Gasteiger partial charge is 0.395 e. The van der Waals surface area contributed by atoms with Crippen molar-refractivity contribution in [2.45, 2.75) is 6.18 Å². The highest BCUT2D eigenvalue weighted by atomic mass is 19.4. The Labute approximate surface area is 92.8 Å². The van der Waals surface area contributed by atoms with Crippen molar-refractivity contribution in [3.63, 3.8) is 0 Å². The maximum absolute atomic E-state index is 12.2. The lowest BCUT2D eigenvalue weighted by molar-refractivity contribution is -0.144. The monoisotopic (exact) mass is 238 g/mol. The fourth-order valence-electron chi connectivity index (χ4n) is 2.89. The molecule has 0 spiro atoms. The van der Waals surface area contributed by atoms with Crippen LogP contribution in [0.5, 0.6) is 0 Å². The van der Waals surface area contributed by atoms with E-state index in [0.29, 0.717) is 31.5 Å². The summed E-state index contributed by atoms with van der Waals surface area (Å²) in [6.07, 6.45) is -4.08. The Morgan fingerprint density at radius 2 is 1.50 bits per heavy atom. The molecule has 0 aliphatic carbocycles. The van der Waals surface area contributed by atoms with Gasteiger partial charge >= 0.3 is 6.18 Å². The van der Waals surface area contributed by atoms with Crippen LogP contribution >= 0.6 is 0 Å². The van der Waals surface area contributed by atoms with Crippen LogP contribution < -0.4 is 0 Å². The van der Waals surface area contributed by atoms with Gasteiger partial charge < -0.3 is 10.0 Å². The van der Waals surface area contributed by atoms with Gasteiger partial charge in [0.2, 0.25) is 0 Å². The summed E-state index contributed by atoms with van der Waals surface area (Å²) in [5.74, 6) is 0.711. The van der Waals surface area contributed by atoms with Crippen LogP contribution in [-0.2, 0) is 0 Å². The average Bonchev–Trinajstić information content (AvgIpc) is 2.58. The minimum Gasteiger partial charge on any atom is -0.395 e. The van der Waals surface area contributed by atoms with Gasteiger partial charge in [-0.05, 0) is 11.8 Å². The van der Waals surface area contributed by atoms with Gasteiger partial charge in [-0.2, -0.15) is 13.2 Å². The lowest BCUT2D eigenvalue weighted by Crippen LogP contribution is -2.35. The van der Waals surface area contributed by atoms with E-state index >= 15 is 0 Å². The molecule has 0 radical (unpaired) electrons. The Balaban J connectivity index is 1.80. The molecule has 3 nitrogen and oxygen atoms in total. The van der Waals surface area contributed by atoms with E-state index in [-0.39, 0.29) is 6.61 Å². The maximum Gasteiger partial charge on any atom is 0.401 e. The Hall–Kier alpha value is -0.330. The topological polar surface area (TPSA) is 26.7 Å². The van der Waals surface area contributed by atoms with Gasteiger partial charge in [-0.3, -0.25) is 4.90 Å². The number of hydrogen-bond acceptors (Lipinski definition) is 3. The van der Waals surface area contributed by atoms with E-state index in [1.165, 1.54) is 4.90 Å². The van der Waals surface area contributed by atoms with Crippen molar-refractivity contribution in [3.8, 4) is 0 Å². The van der Waals surface area contributed by atoms with Gasteiger partial charge in [0.25, 0.3) is 0 Å². The van der Waals surface area contributed by atoms with Crippen LogP contribution in [0, 0.1) is 11.8 Å². The normalized spacial score (nSPS) is 32.2. The molecule has 2 unspecified atom stereocenters. The molecule has 2 aliphatic rings. The third kappa shape index (κ3) is 2.87. The molecule has 1 N–H and O–H groups in total. The second-order valence-corrected chi connectivity index (χ2v) is 4.81. The lowest BCUT2D eigenvalue weighted by atomic mass is 10.0. The fraction of sp³-hybridized carbons (Fsp3) is 1.00. The van der Waals surface area contributed by atoms with Crippen molar-refractivity contribution in [3.05, 3.63) is 0 Å². The van der Waals surface area contributed by atoms with E-state index < -0.39 is 12.7 Å². The first-order valence-corrected chi connectivity index (χ1v) is 5.60. The van der Waals surface area contributed by atoms with Crippen LogP contribution in [-0.4, -0.2) is 67.0 Å². The number of β-amino-alcohol motifs (C(OH)–C–C–N with tert-alkyl or cyclic N) is 1. The molecule has 0 bridgehead atoms. The quantitative estimate of drug-likeness (QED) is 0.771. The first-order valence-electron chi connectivity index (χ1n) is 5.60. The van der Waals surface area contributed by atoms with Crippen molar-refractivity contribution in [1.82, 2.24) is 9.80 Å². The summed E-state index contributed by atoms with van der Waals surface area (Å²) < 4.78 is 36.6. The first-order chi connectivity index (χ1) is 7.48. The van der Waals surface area contributed by atoms with Gasteiger partial charge in [0.1, 0.15) is 0 Å². The van der Waals surface area contributed by atoms with Crippen LogP contribution in [0.25, 0.3) is 0 Å². The SMILES string of the molecule is OCCN1CC2CN(CC(F)(F)F)CC2C1. The van der Waals surface area contributed by atoms with Crippen molar-refractivity contribution in [2.75, 3.05) is 45.9 Å². The van der Waals surface area contributed by atoms with E-state index in [1.807, 2.05) is 0 Å². The second kappa shape index (κ2) is 4.50. The van der Waals surface area contributed by atoms with Crippen LogP contribution in [0.2, 0.25) is 0 Å². The average molecular weight is 238 g/mol. The highest BCUT2D eigenvalue weighted by Gasteiger charge is 2.42. The van der Waals surface area contributed by atoms with E-state index in [2.05, 4.69) is 4.90 Å². The second-order valence-electron chi connectivity index (χ2n) is 4.81. The van der Waals surface area contributed by atoms with Gasteiger partial charge in [-0.1, -0.05) is 0 Å². The van der Waals surface area contributed by atoms with Gasteiger partial charge in [0.15, 0.2) is 0 Å². The third-order valence-corrected chi connectivity index (χ3v) is 3.46. The van der Waals surface area contributed by atoms with Crippen molar-refractivity contribution < 1.29 is 18.3 Å². The van der Waals surface area contributed by atoms with E-state index in [9.17, 15) is 13.2 Å². The standard InChI is InChI=1S/C10H17F3N2O/c11-10(12,13)7-15-5-8-3-14(1-2-16)4-9(8)6-15/h8-9,16H,1-7H2. The zero-order chi connectivity index (χ0) is 11.8. The predicted octanol–water partition coefficient (Wildman–Crippen LogP) is 0.405. The summed E-state index contributed by atoms with van der Waals surface area (Å²) in [4.78, 5) is 3.64. The highest BCUT2D eigenvalue weighted by Crippen LogP contribution is 2.32. The molecule has 2 heterocycles. The van der Waals surface area contributed by atoms with Gasteiger partial charge in [-0.25, -0.2) is 0 Å². The van der Waals surface area contributed by atoms with Gasteiger partial charge in [0.05, 0.1) is 13.2 Å². The summed E-state index contributed by atoms with van der Waals surface area (Å²) >= 11 is 0. The number of halogens is 3. The van der Waals surface area contributed by atoms with Gasteiger partial charge in [0, 0.05) is 32.7 Å². The summed E-state index contributed by atoms with van der Waals surface area (Å²) in [7, 11) is 0. The zero-order valence-electron chi connectivity index (χ0n) is 9.08. The summed E-state index contributed by atoms with van der Waals surface area (Å²) in [5, 5.41) is 8.79. The van der Waals surface area contributed by atoms with Crippen LogP contribution in [0.15, 0.2) is 0 Å². The number of aliphatic hydroxyl groups excluding tert-OH is 1. The Morgan fingerprint density at radius 1 is 1.00 bits per heavy atom. The van der Waals surface area contributed by atoms with Crippen molar-refractivity contribution in [2.24, 2.45) is 11.8 Å². The Kier molecular flexibility index (Phi) is 3.42. The molecule has 2 atom stereocenters. The Morgan fingerprint density at radius 3 is 1.94 bits per heavy atom. The van der Waals surface area contributed by atoms with E-state index in [4.69, 9.17) is 5.11 Å². The molecule has 2 saturated heterocycles. The maximum atomic E-state index is 12.2. The number of rotatable bonds is 3. The third-order valence-electron chi connectivity index (χ3n) is 3.46. The first kappa shape index (κ1) is 12.1. The zero-order valence-corrected chi connectivity index (χ0v) is 9.08. The molecule has 0 aromatic heterocycles. The van der Waals surface area contributed by atoms with Crippen LogP contribution in [0.4, 0.5) is 13.2 Å². The molecule has 94 valence electrons. The molecule has 2 fully saturated rings. The molecule has 2 rings (SSSR count). The van der Waals surface area contributed by atoms with Crippen molar-refractivity contribution in [1.29, 1.82) is 0 Å². The van der Waals surface area contributed by atoms with E-state index in [1.54, 1.807) is 0 Å². The number of alkyl halides is 3. The molecule has 0 amide bonds. The molecule has 6 heteroatoms.